The van der Waals surface area contributed by atoms with Gasteiger partial charge < -0.3 is 13.0 Å². The van der Waals surface area contributed by atoms with Crippen LogP contribution in [-0.2, 0) is 9.53 Å². The summed E-state index contributed by atoms with van der Waals surface area (Å²) in [6, 6.07) is 5.66. The molecule has 2 heterocycles. The summed E-state index contributed by atoms with van der Waals surface area (Å²) in [5, 5.41) is 17.5. The predicted molar refractivity (Wildman–Crippen MR) is 126 cm³/mol. The number of carbonyl (C=O) groups is 1. The van der Waals surface area contributed by atoms with Gasteiger partial charge in [-0.3, -0.25) is 4.79 Å². The highest BCUT2D eigenvalue weighted by Crippen LogP contribution is 2.45. The van der Waals surface area contributed by atoms with Crippen LogP contribution in [0.3, 0.4) is 0 Å². The number of aliphatic hydroxyl groups is 1. The van der Waals surface area contributed by atoms with Crippen molar-refractivity contribution in [1.29, 1.82) is 0 Å². The molecule has 1 aliphatic heterocycles. The highest BCUT2D eigenvalue weighted by molar-refractivity contribution is 14.2. The number of nitrogens with zero attached hydrogens (tertiary/aromatic N) is 4. The number of aromatic nitrogens is 3. The molecule has 0 bridgehead atoms. The summed E-state index contributed by atoms with van der Waals surface area (Å²) in [5.41, 5.74) is 2.33. The Balaban J connectivity index is 1.77. The number of rotatable bonds is 5. The lowest BCUT2D eigenvalue weighted by molar-refractivity contribution is -0.152. The van der Waals surface area contributed by atoms with E-state index in [1.165, 1.54) is 10.6 Å². The maximum Gasteiger partial charge on any atom is 0.348 e. The van der Waals surface area contributed by atoms with Crippen LogP contribution >= 0.6 is 21.3 Å². The number of fused-ring (bicyclic) bond motifs is 1. The molecule has 0 saturated heterocycles. The molecule has 2 unspecified atom stereocenters. The summed E-state index contributed by atoms with van der Waals surface area (Å²) in [6.07, 6.45) is 3.45. The van der Waals surface area contributed by atoms with Crippen molar-refractivity contribution < 1.29 is 14.6 Å². The van der Waals surface area contributed by atoms with Crippen LogP contribution in [0.4, 0.5) is 11.4 Å². The standard InChI is InChI=1S/C21H24IN5O4/c1-5-12-9-13(16(28)10-17(12)31-20(29)11(2)3)19-24-25-21(30)27(19)15-8-6-7-14-18(15)23-22-26(14)4/h6-12,17,28H,5H2,1-4H3,(H,25,30). The summed E-state index contributed by atoms with van der Waals surface area (Å²) >= 11 is -0.531. The maximum absolute atomic E-state index is 12.7. The summed E-state index contributed by atoms with van der Waals surface area (Å²) in [4.78, 5) is 24.8. The molecule has 1 aromatic heterocycles. The number of halogens is 1. The SMILES string of the molecule is CCC1C=C(c2n[nH]c(=O)n2-c2cccc3c2N=IN3C)C(O)=CC1OC(=O)C(C)C. The molecule has 4 rings (SSSR count). The summed E-state index contributed by atoms with van der Waals surface area (Å²) in [7, 11) is 1.98. The van der Waals surface area contributed by atoms with Gasteiger partial charge in [-0.1, -0.05) is 32.9 Å². The molecule has 2 N–H and O–H groups in total. The van der Waals surface area contributed by atoms with Gasteiger partial charge in [-0.15, -0.1) is 0 Å². The van der Waals surface area contributed by atoms with Crippen molar-refractivity contribution in [3.63, 3.8) is 0 Å². The van der Waals surface area contributed by atoms with Gasteiger partial charge >= 0.3 is 11.7 Å². The predicted octanol–water partition coefficient (Wildman–Crippen LogP) is 4.14. The van der Waals surface area contributed by atoms with Crippen LogP contribution in [0, 0.1) is 11.8 Å². The van der Waals surface area contributed by atoms with E-state index >= 15 is 0 Å². The number of anilines is 1. The molecule has 0 saturated carbocycles. The minimum atomic E-state index is -0.572. The zero-order valence-electron chi connectivity index (χ0n) is 17.7. The number of ether oxygens (including phenoxy) is 1. The van der Waals surface area contributed by atoms with Gasteiger partial charge in [0.2, 0.25) is 0 Å². The highest BCUT2D eigenvalue weighted by atomic mass is 127. The smallest absolute Gasteiger partial charge is 0.348 e. The van der Waals surface area contributed by atoms with Crippen LogP contribution < -0.4 is 8.80 Å². The normalized spacial score (nSPS) is 20.2. The van der Waals surface area contributed by atoms with E-state index in [4.69, 9.17) is 4.74 Å². The third-order valence-corrected chi connectivity index (χ3v) is 7.18. The number of hydrogen-bond donors (Lipinski definition) is 2. The fraction of sp³-hybridized carbons (Fsp3) is 0.381. The Hall–Kier alpha value is -2.76. The summed E-state index contributed by atoms with van der Waals surface area (Å²) in [5.74, 6) is -0.533. The van der Waals surface area contributed by atoms with Gasteiger partial charge in [-0.05, 0) is 24.6 Å². The lowest BCUT2D eigenvalue weighted by atomic mass is 9.89. The lowest BCUT2D eigenvalue weighted by Gasteiger charge is -2.27. The van der Waals surface area contributed by atoms with Crippen LogP contribution in [0.5, 0.6) is 0 Å². The van der Waals surface area contributed by atoms with Crippen molar-refractivity contribution in [3.8, 4) is 5.69 Å². The van der Waals surface area contributed by atoms with E-state index in [1.54, 1.807) is 13.8 Å². The van der Waals surface area contributed by atoms with E-state index in [9.17, 15) is 14.7 Å². The van der Waals surface area contributed by atoms with Gasteiger partial charge in [0, 0.05) is 13.0 Å². The molecule has 1 aliphatic carbocycles. The number of H-pyrrole nitrogens is 1. The van der Waals surface area contributed by atoms with Crippen molar-refractivity contribution in [1.82, 2.24) is 14.8 Å². The number of aromatic amines is 1. The Bertz CT molecular complexity index is 1180. The van der Waals surface area contributed by atoms with Gasteiger partial charge in [0.15, 0.2) is 5.82 Å². The number of hydrogen-bond acceptors (Lipinski definition) is 7. The lowest BCUT2D eigenvalue weighted by Crippen LogP contribution is -2.29. The molecule has 9 nitrogen and oxygen atoms in total. The first kappa shape index (κ1) is 21.5. The molecule has 2 aliphatic rings. The van der Waals surface area contributed by atoms with Crippen LogP contribution in [0.2, 0.25) is 0 Å². The molecule has 2 aromatic rings. The van der Waals surface area contributed by atoms with Gasteiger partial charge in [0.1, 0.15) is 38.9 Å². The second-order valence-corrected chi connectivity index (χ2v) is 10.1. The Labute approximate surface area is 189 Å². The number of nitrogens with one attached hydrogen (secondary N) is 1. The molecule has 0 spiro atoms. The van der Waals surface area contributed by atoms with Crippen molar-refractivity contribution in [3.05, 3.63) is 52.4 Å². The monoisotopic (exact) mass is 537 g/mol. The zero-order chi connectivity index (χ0) is 22.3. The molecule has 0 fully saturated rings. The van der Waals surface area contributed by atoms with Gasteiger partial charge in [0.05, 0.1) is 22.9 Å². The molecule has 10 heteroatoms. The Morgan fingerprint density at radius 2 is 2.06 bits per heavy atom. The molecular formula is C21H24IN5O4. The van der Waals surface area contributed by atoms with Gasteiger partial charge in [0.25, 0.3) is 0 Å². The van der Waals surface area contributed by atoms with E-state index in [2.05, 4.69) is 16.5 Å². The first-order chi connectivity index (χ1) is 14.8. The summed E-state index contributed by atoms with van der Waals surface area (Å²) < 4.78 is 13.8. The van der Waals surface area contributed by atoms with E-state index in [0.717, 1.165) is 11.4 Å². The van der Waals surface area contributed by atoms with Crippen LogP contribution in [0.15, 0.2) is 44.0 Å². The second-order valence-electron chi connectivity index (χ2n) is 7.73. The van der Waals surface area contributed by atoms with E-state index in [-0.39, 0.29) is 23.6 Å². The topological polar surface area (TPSA) is 113 Å². The average molecular weight is 537 g/mol. The van der Waals surface area contributed by atoms with Crippen molar-refractivity contribution in [2.75, 3.05) is 10.2 Å². The largest absolute Gasteiger partial charge is 0.507 e. The Morgan fingerprint density at radius 3 is 2.77 bits per heavy atom. The van der Waals surface area contributed by atoms with E-state index in [0.29, 0.717) is 23.5 Å². The Morgan fingerprint density at radius 1 is 1.32 bits per heavy atom. The van der Waals surface area contributed by atoms with Crippen LogP contribution in [0.25, 0.3) is 11.3 Å². The maximum atomic E-state index is 12.7. The second kappa shape index (κ2) is 8.40. The molecule has 164 valence electrons. The highest BCUT2D eigenvalue weighted by Gasteiger charge is 2.31. The van der Waals surface area contributed by atoms with Crippen molar-refractivity contribution in [2.24, 2.45) is 15.0 Å². The Kier molecular flexibility index (Phi) is 5.82. The molecule has 31 heavy (non-hydrogen) atoms. The first-order valence-corrected chi connectivity index (χ1v) is 12.0. The van der Waals surface area contributed by atoms with Crippen molar-refractivity contribution in [2.45, 2.75) is 33.3 Å². The van der Waals surface area contributed by atoms with E-state index in [1.807, 2.05) is 38.2 Å². The molecule has 2 atom stereocenters. The fourth-order valence-corrected chi connectivity index (χ4v) is 5.22. The molecule has 1 aromatic carbocycles. The van der Waals surface area contributed by atoms with Crippen LogP contribution in [0.1, 0.15) is 33.0 Å². The quantitative estimate of drug-likeness (QED) is 0.337. The fourth-order valence-electron chi connectivity index (χ4n) is 3.57. The van der Waals surface area contributed by atoms with Crippen molar-refractivity contribution >= 4 is 44.2 Å². The number of allylic oxidation sites excluding steroid dienone is 1. The van der Waals surface area contributed by atoms with Gasteiger partial charge in [-0.2, -0.15) is 5.10 Å². The first-order valence-electron chi connectivity index (χ1n) is 10.1. The number of aliphatic hydroxyl groups excluding tert-OH is 1. The van der Waals surface area contributed by atoms with Gasteiger partial charge in [-0.25, -0.2) is 17.6 Å². The minimum absolute atomic E-state index is 0.0828. The third kappa shape index (κ3) is 3.84. The van der Waals surface area contributed by atoms with Crippen LogP contribution in [-0.4, -0.2) is 39.0 Å². The summed E-state index contributed by atoms with van der Waals surface area (Å²) in [6.45, 7) is 5.51. The number of carbonyl (C=O) groups excluding carboxylic acids is 1. The molecule has 0 amide bonds. The molecule has 0 radical (unpaired) electrons. The zero-order valence-corrected chi connectivity index (χ0v) is 19.8. The van der Waals surface area contributed by atoms with E-state index < -0.39 is 33.1 Å². The average Bonchev–Trinajstić information content (AvgIpc) is 3.31. The molecular weight excluding hydrogens is 513 g/mol. The minimum Gasteiger partial charge on any atom is -0.507 e. The third-order valence-electron chi connectivity index (χ3n) is 5.31. The number of benzene rings is 1. The number of esters is 1.